The van der Waals surface area contributed by atoms with E-state index in [2.05, 4.69) is 4.98 Å². The second-order valence-corrected chi connectivity index (χ2v) is 9.10. The summed E-state index contributed by atoms with van der Waals surface area (Å²) in [6.07, 6.45) is -2.05. The zero-order valence-electron chi connectivity index (χ0n) is 21.5. The van der Waals surface area contributed by atoms with Gasteiger partial charge in [-0.1, -0.05) is 6.92 Å². The number of H-pyrrole nitrogens is 1. The maximum absolute atomic E-state index is 12.5. The van der Waals surface area contributed by atoms with Crippen molar-refractivity contribution in [2.45, 2.75) is 84.1 Å². The summed E-state index contributed by atoms with van der Waals surface area (Å²) in [5.74, 6) is 0. The molecule has 1 N–H and O–H groups in total. The van der Waals surface area contributed by atoms with Crippen molar-refractivity contribution in [1.82, 2.24) is 14.2 Å². The molecule has 0 aromatic carbocycles. The number of nitrogens with zero attached hydrogens (tertiary/aromatic N) is 3. The molecule has 1 aliphatic rings. The lowest BCUT2D eigenvalue weighted by molar-refractivity contribution is -0.0539. The van der Waals surface area contributed by atoms with Gasteiger partial charge in [-0.15, -0.1) is 0 Å². The van der Waals surface area contributed by atoms with E-state index in [1.165, 1.54) is 6.20 Å². The average molecular weight is 459 g/mol. The van der Waals surface area contributed by atoms with Crippen molar-refractivity contribution in [2.24, 2.45) is 0 Å². The lowest BCUT2D eigenvalue weighted by atomic mass is 10.1. The Morgan fingerprint density at radius 1 is 1.35 bits per heavy atom. The highest BCUT2D eigenvalue weighted by molar-refractivity contribution is 7.44. The predicted octanol–water partition coefficient (Wildman–Crippen LogP) is 2.52. The fourth-order valence-corrected chi connectivity index (χ4v) is 5.31. The van der Waals surface area contributed by atoms with E-state index in [-0.39, 0.29) is 25.1 Å². The van der Waals surface area contributed by atoms with Gasteiger partial charge < -0.3 is 18.5 Å². The van der Waals surface area contributed by atoms with Crippen LogP contribution in [-0.2, 0) is 18.5 Å². The van der Waals surface area contributed by atoms with E-state index in [9.17, 15) is 9.59 Å². The van der Waals surface area contributed by atoms with Gasteiger partial charge in [0.05, 0.1) is 29.3 Å². The largest absolute Gasteiger partial charge is 0.374 e. The Bertz CT molecular complexity index is 940. The van der Waals surface area contributed by atoms with Crippen molar-refractivity contribution < 1.29 is 22.6 Å². The predicted molar refractivity (Wildman–Crippen MR) is 116 cm³/mol. The SMILES string of the molecule is [2H]C([2H])([2H])O[C@@H]1[C@H](OP(OCCC#N)N(C(C)C)C(C)C)[C@@H](CC)O[C@H]1n1ccc(=O)[nH]c1=O. The summed E-state index contributed by atoms with van der Waals surface area (Å²) in [4.78, 5) is 26.1. The second-order valence-electron chi connectivity index (χ2n) is 7.69. The number of rotatable bonds is 11. The summed E-state index contributed by atoms with van der Waals surface area (Å²) < 4.78 is 49.9. The first-order chi connectivity index (χ1) is 15.9. The Morgan fingerprint density at radius 3 is 2.61 bits per heavy atom. The van der Waals surface area contributed by atoms with E-state index < -0.39 is 51.4 Å². The minimum atomic E-state index is -2.80. The van der Waals surface area contributed by atoms with Crippen LogP contribution in [0.2, 0.25) is 0 Å². The number of nitriles is 1. The fraction of sp³-hybridized carbons (Fsp3) is 0.750. The van der Waals surface area contributed by atoms with Crippen molar-refractivity contribution in [2.75, 3.05) is 13.6 Å². The first-order valence-corrected chi connectivity index (χ1v) is 11.4. The molecule has 1 aromatic rings. The molecule has 1 unspecified atom stereocenters. The molecule has 2 rings (SSSR count). The highest BCUT2D eigenvalue weighted by Gasteiger charge is 2.48. The van der Waals surface area contributed by atoms with E-state index in [0.717, 1.165) is 10.6 Å². The molecule has 0 amide bonds. The normalized spacial score (nSPS) is 26.6. The Labute approximate surface area is 188 Å². The molecule has 10 nitrogen and oxygen atoms in total. The summed E-state index contributed by atoms with van der Waals surface area (Å²) in [6, 6.07) is 3.22. The van der Waals surface area contributed by atoms with Crippen molar-refractivity contribution in [3.8, 4) is 6.07 Å². The first kappa shape index (κ1) is 21.3. The molecule has 0 spiro atoms. The van der Waals surface area contributed by atoms with Gasteiger partial charge in [0.15, 0.2) is 6.23 Å². The van der Waals surface area contributed by atoms with Crippen LogP contribution < -0.4 is 11.2 Å². The molecule has 1 saturated heterocycles. The van der Waals surface area contributed by atoms with Gasteiger partial charge >= 0.3 is 5.69 Å². The number of ether oxygens (including phenoxy) is 2. The minimum absolute atomic E-state index is 0.0233. The zero-order valence-corrected chi connectivity index (χ0v) is 19.4. The van der Waals surface area contributed by atoms with E-state index >= 15 is 0 Å². The number of hydrogen-bond donors (Lipinski definition) is 1. The van der Waals surface area contributed by atoms with Crippen LogP contribution >= 0.6 is 8.53 Å². The van der Waals surface area contributed by atoms with E-state index in [0.29, 0.717) is 6.42 Å². The highest BCUT2D eigenvalue weighted by Crippen LogP contribution is 2.50. The number of aromatic nitrogens is 2. The lowest BCUT2D eigenvalue weighted by Crippen LogP contribution is -2.41. The van der Waals surface area contributed by atoms with Gasteiger partial charge in [0.1, 0.15) is 12.2 Å². The number of hydrogen-bond acceptors (Lipinski definition) is 8. The molecule has 1 aliphatic heterocycles. The van der Waals surface area contributed by atoms with Crippen LogP contribution in [0.5, 0.6) is 0 Å². The third-order valence-electron chi connectivity index (χ3n) is 4.82. The molecule has 31 heavy (non-hydrogen) atoms. The highest BCUT2D eigenvalue weighted by atomic mass is 31.2. The van der Waals surface area contributed by atoms with Gasteiger partial charge in [-0.2, -0.15) is 5.26 Å². The third-order valence-corrected chi connectivity index (χ3v) is 6.95. The summed E-state index contributed by atoms with van der Waals surface area (Å²) in [5, 5.41) is 8.94. The van der Waals surface area contributed by atoms with Crippen molar-refractivity contribution in [3.05, 3.63) is 33.1 Å². The maximum atomic E-state index is 12.5. The Hall–Kier alpha value is -1.60. The van der Waals surface area contributed by atoms with Crippen molar-refractivity contribution in [1.29, 1.82) is 5.26 Å². The molecule has 5 atom stereocenters. The maximum Gasteiger partial charge on any atom is 0.330 e. The molecule has 1 fully saturated rings. The van der Waals surface area contributed by atoms with Crippen LogP contribution in [0.1, 0.15) is 57.8 Å². The van der Waals surface area contributed by atoms with Crippen LogP contribution in [0.3, 0.4) is 0 Å². The van der Waals surface area contributed by atoms with Gasteiger partial charge in [0, 0.05) is 31.4 Å². The molecular formula is C20H33N4O6P. The van der Waals surface area contributed by atoms with Gasteiger partial charge in [-0.3, -0.25) is 14.3 Å². The number of methoxy groups -OCH3 is 1. The van der Waals surface area contributed by atoms with Gasteiger partial charge in [0.25, 0.3) is 14.1 Å². The summed E-state index contributed by atoms with van der Waals surface area (Å²) in [5.41, 5.74) is -1.35. The molecule has 0 saturated carbocycles. The summed E-state index contributed by atoms with van der Waals surface area (Å²) >= 11 is 0. The van der Waals surface area contributed by atoms with Gasteiger partial charge in [-0.05, 0) is 34.1 Å². The van der Waals surface area contributed by atoms with Crippen molar-refractivity contribution in [3.63, 3.8) is 0 Å². The van der Waals surface area contributed by atoms with E-state index in [1.807, 2.05) is 45.4 Å². The topological polar surface area (TPSA) is 119 Å². The molecule has 0 aliphatic carbocycles. The Balaban J connectivity index is 2.48. The Morgan fingerprint density at radius 2 is 2.06 bits per heavy atom. The lowest BCUT2D eigenvalue weighted by Gasteiger charge is -2.38. The standard InChI is InChI=1S/C20H33N4O6P/c1-7-15-17(30-31(28-12-8-10-21)24(13(2)3)14(4)5)18(27-6)19(29-15)23-11-9-16(25)22-20(23)26/h9,11,13-15,17-19H,7-8,12H2,1-6H3,(H,22,25,26)/t15-,17-,18-,19-,31?/m1/s1/i6D3. The average Bonchev–Trinajstić information content (AvgIpc) is 3.03. The van der Waals surface area contributed by atoms with Gasteiger partial charge in [-0.25, -0.2) is 9.46 Å². The van der Waals surface area contributed by atoms with Crippen LogP contribution in [0.25, 0.3) is 0 Å². The van der Waals surface area contributed by atoms with Crippen LogP contribution in [-0.4, -0.2) is 58.3 Å². The summed E-state index contributed by atoms with van der Waals surface area (Å²) in [6.45, 7) is 9.90. The van der Waals surface area contributed by atoms with Crippen molar-refractivity contribution >= 4 is 8.53 Å². The molecule has 1 aromatic heterocycles. The second kappa shape index (κ2) is 11.9. The third kappa shape index (κ3) is 6.22. The zero-order chi connectivity index (χ0) is 25.6. The number of aromatic amines is 1. The summed E-state index contributed by atoms with van der Waals surface area (Å²) in [7, 11) is -4.54. The molecule has 2 heterocycles. The first-order valence-electron chi connectivity index (χ1n) is 11.8. The van der Waals surface area contributed by atoms with Crippen LogP contribution in [0.4, 0.5) is 0 Å². The molecule has 174 valence electrons. The molecular weight excluding hydrogens is 423 g/mol. The van der Waals surface area contributed by atoms with Gasteiger partial charge in [0.2, 0.25) is 0 Å². The molecule has 0 radical (unpaired) electrons. The smallest absolute Gasteiger partial charge is 0.330 e. The van der Waals surface area contributed by atoms with Crippen LogP contribution in [0.15, 0.2) is 21.9 Å². The van der Waals surface area contributed by atoms with E-state index in [1.54, 1.807) is 0 Å². The monoisotopic (exact) mass is 459 g/mol. The molecule has 11 heteroatoms. The molecule has 0 bridgehead atoms. The Kier molecular flexibility index (Phi) is 8.13. The quantitative estimate of drug-likeness (QED) is 0.396. The minimum Gasteiger partial charge on any atom is -0.374 e. The fourth-order valence-electron chi connectivity index (χ4n) is 3.54. The van der Waals surface area contributed by atoms with Crippen LogP contribution in [0, 0.1) is 11.3 Å². The van der Waals surface area contributed by atoms with E-state index in [4.69, 9.17) is 27.9 Å². The number of nitrogens with one attached hydrogen (secondary N) is 1.